The number of hydrogen-bond donors (Lipinski definition) is 0. The summed E-state index contributed by atoms with van der Waals surface area (Å²) >= 11 is 0. The molecule has 0 radical (unpaired) electrons. The highest BCUT2D eigenvalue weighted by Crippen LogP contribution is 2.18. The van der Waals surface area contributed by atoms with Gasteiger partial charge in [0, 0.05) is 40.0 Å². The number of ether oxygens (including phenoxy) is 3. The average Bonchev–Trinajstić information content (AvgIpc) is 2.99. The molecule has 0 fully saturated rings. The van der Waals surface area contributed by atoms with Gasteiger partial charge < -0.3 is 24.0 Å². The zero-order chi connectivity index (χ0) is 33.8. The largest absolute Gasteiger partial charge is 0.453 e. The van der Waals surface area contributed by atoms with Crippen molar-refractivity contribution in [2.75, 3.05) is 34.3 Å². The van der Waals surface area contributed by atoms with E-state index in [4.69, 9.17) is 14.2 Å². The standard InChI is InChI=1S/C35H48N2O8/c1-22(2)25(5)33(40)29(18-27-14-10-23(3)11-15-27)45-32(39)21-36(7)34(41)26(6)44-31(38)20-37(8)35(42)30(43-9)19-28-16-12-24(4)13-17-28/h10-17,22,25-26,29-30H,18-21H2,1-9H3. The Labute approximate surface area is 267 Å². The number of aryl methyl sites for hydroxylation is 2. The quantitative estimate of drug-likeness (QED) is 0.259. The molecule has 0 aliphatic carbocycles. The summed E-state index contributed by atoms with van der Waals surface area (Å²) in [5.41, 5.74) is 3.93. The molecule has 10 heteroatoms. The molecule has 0 spiro atoms. The van der Waals surface area contributed by atoms with Crippen LogP contribution in [0.5, 0.6) is 0 Å². The molecule has 0 bridgehead atoms. The summed E-state index contributed by atoms with van der Waals surface area (Å²) in [6.07, 6.45) is -2.48. The third-order valence-electron chi connectivity index (χ3n) is 7.82. The second-order valence-electron chi connectivity index (χ2n) is 12.0. The fraction of sp³-hybridized carbons (Fsp3) is 0.514. The zero-order valence-corrected chi connectivity index (χ0v) is 28.0. The second kappa shape index (κ2) is 17.4. The van der Waals surface area contributed by atoms with E-state index in [1.54, 1.807) is 6.92 Å². The molecule has 2 amide bonds. The van der Waals surface area contributed by atoms with Crippen LogP contribution in [0.25, 0.3) is 0 Å². The van der Waals surface area contributed by atoms with Gasteiger partial charge in [0.05, 0.1) is 0 Å². The normalized spacial score (nSPS) is 13.7. The van der Waals surface area contributed by atoms with Gasteiger partial charge >= 0.3 is 11.9 Å². The Balaban J connectivity index is 1.94. The molecular formula is C35H48N2O8. The van der Waals surface area contributed by atoms with Crippen LogP contribution < -0.4 is 0 Å². The molecule has 0 saturated carbocycles. The predicted octanol–water partition coefficient (Wildman–Crippen LogP) is 3.73. The molecular weight excluding hydrogens is 576 g/mol. The van der Waals surface area contributed by atoms with E-state index < -0.39 is 55.2 Å². The van der Waals surface area contributed by atoms with Crippen LogP contribution in [-0.4, -0.2) is 91.9 Å². The maximum absolute atomic E-state index is 13.2. The molecule has 4 unspecified atom stereocenters. The van der Waals surface area contributed by atoms with Crippen LogP contribution in [0.4, 0.5) is 0 Å². The minimum atomic E-state index is -1.23. The lowest BCUT2D eigenvalue weighted by Gasteiger charge is -2.25. The van der Waals surface area contributed by atoms with Crippen LogP contribution in [0, 0.1) is 25.7 Å². The number of ketones is 1. The average molecular weight is 625 g/mol. The van der Waals surface area contributed by atoms with E-state index in [-0.39, 0.29) is 24.0 Å². The summed E-state index contributed by atoms with van der Waals surface area (Å²) in [6.45, 7) is 10.1. The molecule has 0 aliphatic heterocycles. The van der Waals surface area contributed by atoms with Crippen molar-refractivity contribution in [3.63, 3.8) is 0 Å². The van der Waals surface area contributed by atoms with Crippen molar-refractivity contribution >= 4 is 29.5 Å². The Bertz CT molecular complexity index is 1310. The summed E-state index contributed by atoms with van der Waals surface area (Å²) in [7, 11) is 4.26. The van der Waals surface area contributed by atoms with Crippen LogP contribution in [-0.2, 0) is 51.0 Å². The Kier molecular flexibility index (Phi) is 14.4. The zero-order valence-electron chi connectivity index (χ0n) is 28.0. The van der Waals surface area contributed by atoms with Crippen molar-refractivity contribution < 1.29 is 38.2 Å². The smallest absolute Gasteiger partial charge is 0.326 e. The van der Waals surface area contributed by atoms with E-state index in [0.29, 0.717) is 6.42 Å². The number of nitrogens with zero attached hydrogens (tertiary/aromatic N) is 2. The minimum absolute atomic E-state index is 0.0550. The topological polar surface area (TPSA) is 120 Å². The Morgan fingerprint density at radius 1 is 0.644 bits per heavy atom. The molecule has 2 aromatic carbocycles. The molecule has 0 heterocycles. The van der Waals surface area contributed by atoms with E-state index in [9.17, 15) is 24.0 Å². The highest BCUT2D eigenvalue weighted by atomic mass is 16.6. The van der Waals surface area contributed by atoms with Gasteiger partial charge in [0.2, 0.25) is 0 Å². The molecule has 0 aromatic heterocycles. The number of methoxy groups -OCH3 is 1. The lowest BCUT2D eigenvalue weighted by atomic mass is 9.88. The third-order valence-corrected chi connectivity index (χ3v) is 7.82. The van der Waals surface area contributed by atoms with Crippen LogP contribution in [0.1, 0.15) is 49.9 Å². The number of Topliss-reactive ketones (excluding diaryl/α,β-unsaturated/α-hetero) is 1. The number of carbonyl (C=O) groups excluding carboxylic acids is 5. The molecule has 246 valence electrons. The van der Waals surface area contributed by atoms with Gasteiger partial charge in [0.15, 0.2) is 18.0 Å². The van der Waals surface area contributed by atoms with Crippen LogP contribution in [0.3, 0.4) is 0 Å². The monoisotopic (exact) mass is 624 g/mol. The number of amides is 2. The first-order valence-electron chi connectivity index (χ1n) is 15.2. The lowest BCUT2D eigenvalue weighted by Crippen LogP contribution is -2.45. The Morgan fingerprint density at radius 2 is 1.07 bits per heavy atom. The van der Waals surface area contributed by atoms with Crippen LogP contribution in [0.15, 0.2) is 48.5 Å². The van der Waals surface area contributed by atoms with E-state index in [1.807, 2.05) is 76.2 Å². The fourth-order valence-corrected chi connectivity index (χ4v) is 4.55. The predicted molar refractivity (Wildman–Crippen MR) is 170 cm³/mol. The van der Waals surface area contributed by atoms with Crippen LogP contribution >= 0.6 is 0 Å². The van der Waals surface area contributed by atoms with Crippen molar-refractivity contribution in [3.8, 4) is 0 Å². The van der Waals surface area contributed by atoms with Crippen molar-refractivity contribution in [2.24, 2.45) is 11.8 Å². The first kappa shape index (κ1) is 37.1. The van der Waals surface area contributed by atoms with Gasteiger partial charge in [-0.1, -0.05) is 80.4 Å². The van der Waals surface area contributed by atoms with Gasteiger partial charge in [0.1, 0.15) is 19.2 Å². The van der Waals surface area contributed by atoms with Gasteiger partial charge in [-0.15, -0.1) is 0 Å². The van der Waals surface area contributed by atoms with Crippen molar-refractivity contribution in [1.29, 1.82) is 0 Å². The molecule has 45 heavy (non-hydrogen) atoms. The maximum atomic E-state index is 13.2. The third kappa shape index (κ3) is 11.8. The number of likely N-dealkylation sites (N-methyl/N-ethyl adjacent to an activating group) is 2. The molecule has 10 nitrogen and oxygen atoms in total. The number of hydrogen-bond acceptors (Lipinski definition) is 8. The van der Waals surface area contributed by atoms with E-state index in [0.717, 1.165) is 27.2 Å². The van der Waals surface area contributed by atoms with Gasteiger partial charge in [-0.2, -0.15) is 0 Å². The van der Waals surface area contributed by atoms with E-state index in [2.05, 4.69) is 0 Å². The fourth-order valence-electron chi connectivity index (χ4n) is 4.55. The Morgan fingerprint density at radius 3 is 1.51 bits per heavy atom. The molecule has 0 saturated heterocycles. The first-order chi connectivity index (χ1) is 21.1. The van der Waals surface area contributed by atoms with E-state index >= 15 is 0 Å². The summed E-state index contributed by atoms with van der Waals surface area (Å²) in [5.74, 6) is -3.06. The molecule has 2 rings (SSSR count). The summed E-state index contributed by atoms with van der Waals surface area (Å²) < 4.78 is 16.3. The van der Waals surface area contributed by atoms with Gasteiger partial charge in [-0.05, 0) is 37.8 Å². The van der Waals surface area contributed by atoms with Crippen molar-refractivity contribution in [3.05, 3.63) is 70.8 Å². The number of rotatable bonds is 16. The van der Waals surface area contributed by atoms with Crippen molar-refractivity contribution in [1.82, 2.24) is 9.80 Å². The molecule has 2 aromatic rings. The number of esters is 2. The van der Waals surface area contributed by atoms with Gasteiger partial charge in [0.25, 0.3) is 11.8 Å². The maximum Gasteiger partial charge on any atom is 0.326 e. The molecule has 0 N–H and O–H groups in total. The number of benzene rings is 2. The minimum Gasteiger partial charge on any atom is -0.453 e. The highest BCUT2D eigenvalue weighted by Gasteiger charge is 2.31. The molecule has 0 aliphatic rings. The summed E-state index contributed by atoms with van der Waals surface area (Å²) in [5, 5.41) is 0. The van der Waals surface area contributed by atoms with Gasteiger partial charge in [-0.3, -0.25) is 24.0 Å². The lowest BCUT2D eigenvalue weighted by molar-refractivity contribution is -0.164. The second-order valence-corrected chi connectivity index (χ2v) is 12.0. The first-order valence-corrected chi connectivity index (χ1v) is 15.2. The summed E-state index contributed by atoms with van der Waals surface area (Å²) in [4.78, 5) is 66.8. The summed E-state index contributed by atoms with van der Waals surface area (Å²) in [6, 6.07) is 15.3. The van der Waals surface area contributed by atoms with Crippen molar-refractivity contribution in [2.45, 2.75) is 72.7 Å². The van der Waals surface area contributed by atoms with E-state index in [1.165, 1.54) is 33.0 Å². The highest BCUT2D eigenvalue weighted by molar-refractivity contribution is 5.90. The van der Waals surface area contributed by atoms with Gasteiger partial charge in [-0.25, -0.2) is 0 Å². The SMILES string of the molecule is COC(Cc1ccc(C)cc1)C(=O)N(C)CC(=O)OC(C)C(=O)N(C)CC(=O)OC(Cc1ccc(C)cc1)C(=O)C(C)C(C)C. The number of carbonyl (C=O) groups is 5. The molecule has 4 atom stereocenters. The van der Waals surface area contributed by atoms with Crippen LogP contribution in [0.2, 0.25) is 0 Å². The Hall–Kier alpha value is -4.05.